The van der Waals surface area contributed by atoms with Crippen molar-refractivity contribution in [2.45, 2.75) is 13.3 Å². The smallest absolute Gasteiger partial charge is 0.247 e. The van der Waals surface area contributed by atoms with E-state index in [0.29, 0.717) is 11.1 Å². The van der Waals surface area contributed by atoms with Crippen LogP contribution in [-0.2, 0) is 16.1 Å². The van der Waals surface area contributed by atoms with Gasteiger partial charge >= 0.3 is 0 Å². The van der Waals surface area contributed by atoms with Crippen molar-refractivity contribution in [3.63, 3.8) is 0 Å². The first kappa shape index (κ1) is 11.4. The second-order valence-electron chi connectivity index (χ2n) is 3.23. The van der Waals surface area contributed by atoms with Gasteiger partial charge < -0.3 is 0 Å². The normalized spacial score (nSPS) is 9.73. The third kappa shape index (κ3) is 3.18. The van der Waals surface area contributed by atoms with Gasteiger partial charge in [-0.15, -0.1) is 0 Å². The number of hydrogen-bond acceptors (Lipinski definition) is 3. The third-order valence-corrected chi connectivity index (χ3v) is 2.00. The van der Waals surface area contributed by atoms with Gasteiger partial charge in [0, 0.05) is 5.56 Å². The third-order valence-electron chi connectivity index (χ3n) is 2.00. The number of aryl methyl sites for hydroxylation is 1. The van der Waals surface area contributed by atoms with Crippen LogP contribution in [0.15, 0.2) is 18.2 Å². The quantitative estimate of drug-likeness (QED) is 0.592. The van der Waals surface area contributed by atoms with Crippen LogP contribution in [0.3, 0.4) is 0 Å². The van der Waals surface area contributed by atoms with Crippen LogP contribution in [0, 0.1) is 6.92 Å². The molecule has 0 aliphatic heterocycles. The summed E-state index contributed by atoms with van der Waals surface area (Å²) in [7, 11) is 1.37. The van der Waals surface area contributed by atoms with Gasteiger partial charge in [-0.05, 0) is 18.6 Å². The highest BCUT2D eigenvalue weighted by Gasteiger charge is 2.07. The Morgan fingerprint density at radius 1 is 1.53 bits per heavy atom. The summed E-state index contributed by atoms with van der Waals surface area (Å²) in [6, 6.07) is 5.39. The molecule has 4 nitrogen and oxygen atoms in total. The Hall–Kier alpha value is -1.68. The topological polar surface area (TPSA) is 55.4 Å². The van der Waals surface area contributed by atoms with Gasteiger partial charge in [-0.3, -0.25) is 14.4 Å². The number of rotatable bonds is 4. The van der Waals surface area contributed by atoms with E-state index in [9.17, 15) is 9.59 Å². The van der Waals surface area contributed by atoms with E-state index in [1.54, 1.807) is 12.1 Å². The zero-order valence-corrected chi connectivity index (χ0v) is 8.74. The van der Waals surface area contributed by atoms with Gasteiger partial charge in [0.1, 0.15) is 6.29 Å². The SMILES string of the molecule is CONC(=O)Cc1ccc(C)cc1C=O. The van der Waals surface area contributed by atoms with Crippen LogP contribution in [0.4, 0.5) is 0 Å². The van der Waals surface area contributed by atoms with Crippen LogP contribution >= 0.6 is 0 Å². The predicted molar refractivity (Wildman–Crippen MR) is 55.4 cm³/mol. The molecule has 0 radical (unpaired) electrons. The lowest BCUT2D eigenvalue weighted by Crippen LogP contribution is -2.24. The summed E-state index contributed by atoms with van der Waals surface area (Å²) in [6.45, 7) is 1.89. The van der Waals surface area contributed by atoms with Crippen LogP contribution in [0.5, 0.6) is 0 Å². The molecule has 1 amide bonds. The predicted octanol–water partition coefficient (Wildman–Crippen LogP) is 1.03. The molecule has 0 spiro atoms. The summed E-state index contributed by atoms with van der Waals surface area (Å²) < 4.78 is 0. The molecule has 1 N–H and O–H groups in total. The van der Waals surface area contributed by atoms with Crippen LogP contribution in [-0.4, -0.2) is 19.3 Å². The summed E-state index contributed by atoms with van der Waals surface area (Å²) in [4.78, 5) is 26.5. The molecule has 0 fully saturated rings. The Bertz CT molecular complexity index is 374. The van der Waals surface area contributed by atoms with Crippen molar-refractivity contribution in [3.05, 3.63) is 34.9 Å². The standard InChI is InChI=1S/C11H13NO3/c1-8-3-4-9(10(5-8)7-13)6-11(14)12-15-2/h3-5,7H,6H2,1-2H3,(H,12,14). The highest BCUT2D eigenvalue weighted by atomic mass is 16.6. The summed E-state index contributed by atoms with van der Waals surface area (Å²) >= 11 is 0. The summed E-state index contributed by atoms with van der Waals surface area (Å²) in [5.74, 6) is -0.274. The molecule has 15 heavy (non-hydrogen) atoms. The molecular weight excluding hydrogens is 194 g/mol. The fourth-order valence-corrected chi connectivity index (χ4v) is 1.31. The fourth-order valence-electron chi connectivity index (χ4n) is 1.31. The molecule has 0 heterocycles. The van der Waals surface area contributed by atoms with Crippen molar-refractivity contribution in [2.75, 3.05) is 7.11 Å². The largest absolute Gasteiger partial charge is 0.298 e. The molecule has 1 rings (SSSR count). The average Bonchev–Trinajstić information content (AvgIpc) is 2.21. The van der Waals surface area contributed by atoms with Crippen LogP contribution in [0.2, 0.25) is 0 Å². The van der Waals surface area contributed by atoms with Crippen molar-refractivity contribution in [1.29, 1.82) is 0 Å². The Morgan fingerprint density at radius 3 is 2.87 bits per heavy atom. The van der Waals surface area contributed by atoms with Crippen LogP contribution in [0.25, 0.3) is 0 Å². The molecule has 0 atom stereocenters. The van der Waals surface area contributed by atoms with Gasteiger partial charge in [0.15, 0.2) is 0 Å². The van der Waals surface area contributed by atoms with Crippen molar-refractivity contribution in [2.24, 2.45) is 0 Å². The Labute approximate surface area is 88.2 Å². The number of nitrogens with one attached hydrogen (secondary N) is 1. The first-order chi connectivity index (χ1) is 7.17. The van der Waals surface area contributed by atoms with Gasteiger partial charge in [-0.25, -0.2) is 5.48 Å². The van der Waals surface area contributed by atoms with Gasteiger partial charge in [-0.1, -0.05) is 17.7 Å². The molecule has 0 aromatic heterocycles. The van der Waals surface area contributed by atoms with E-state index < -0.39 is 0 Å². The molecule has 4 heteroatoms. The monoisotopic (exact) mass is 207 g/mol. The minimum Gasteiger partial charge on any atom is -0.298 e. The number of benzene rings is 1. The second kappa shape index (κ2) is 5.26. The summed E-state index contributed by atoms with van der Waals surface area (Å²) in [5.41, 5.74) is 4.44. The maximum atomic E-state index is 11.2. The molecular formula is C11H13NO3. The molecule has 0 aliphatic rings. The van der Waals surface area contributed by atoms with Crippen molar-refractivity contribution in [3.8, 4) is 0 Å². The maximum Gasteiger partial charge on any atom is 0.247 e. The second-order valence-corrected chi connectivity index (χ2v) is 3.23. The minimum atomic E-state index is -0.274. The van der Waals surface area contributed by atoms with Crippen LogP contribution in [0.1, 0.15) is 21.5 Å². The van der Waals surface area contributed by atoms with E-state index in [0.717, 1.165) is 11.8 Å². The Morgan fingerprint density at radius 2 is 2.27 bits per heavy atom. The molecule has 0 aliphatic carbocycles. The number of hydroxylamine groups is 1. The molecule has 0 bridgehead atoms. The molecule has 1 aromatic carbocycles. The molecule has 80 valence electrons. The van der Waals surface area contributed by atoms with Gasteiger partial charge in [0.05, 0.1) is 13.5 Å². The van der Waals surface area contributed by atoms with Gasteiger partial charge in [0.2, 0.25) is 5.91 Å². The van der Waals surface area contributed by atoms with E-state index in [4.69, 9.17) is 0 Å². The van der Waals surface area contributed by atoms with E-state index in [1.165, 1.54) is 7.11 Å². The van der Waals surface area contributed by atoms with Crippen molar-refractivity contribution in [1.82, 2.24) is 5.48 Å². The summed E-state index contributed by atoms with van der Waals surface area (Å²) in [6.07, 6.45) is 0.893. The highest BCUT2D eigenvalue weighted by Crippen LogP contribution is 2.10. The maximum absolute atomic E-state index is 11.2. The Kier molecular flexibility index (Phi) is 4.00. The Balaban J connectivity index is 2.84. The van der Waals surface area contributed by atoms with Gasteiger partial charge in [-0.2, -0.15) is 0 Å². The fraction of sp³-hybridized carbons (Fsp3) is 0.273. The zero-order valence-electron chi connectivity index (χ0n) is 8.74. The lowest BCUT2D eigenvalue weighted by Gasteiger charge is -2.05. The van der Waals surface area contributed by atoms with Gasteiger partial charge in [0.25, 0.3) is 0 Å². The number of carbonyl (C=O) groups excluding carboxylic acids is 2. The molecule has 0 unspecified atom stereocenters. The number of hydrogen-bond donors (Lipinski definition) is 1. The molecule has 0 saturated heterocycles. The highest BCUT2D eigenvalue weighted by molar-refractivity contribution is 5.83. The number of carbonyl (C=O) groups is 2. The lowest BCUT2D eigenvalue weighted by atomic mass is 10.0. The zero-order chi connectivity index (χ0) is 11.3. The lowest BCUT2D eigenvalue weighted by molar-refractivity contribution is -0.130. The minimum absolute atomic E-state index is 0.141. The summed E-state index contributed by atoms with van der Waals surface area (Å²) in [5, 5.41) is 0. The van der Waals surface area contributed by atoms with Crippen molar-refractivity contribution >= 4 is 12.2 Å². The van der Waals surface area contributed by atoms with E-state index in [-0.39, 0.29) is 12.3 Å². The van der Waals surface area contributed by atoms with E-state index >= 15 is 0 Å². The van der Waals surface area contributed by atoms with E-state index in [1.807, 2.05) is 13.0 Å². The number of aldehydes is 1. The van der Waals surface area contributed by atoms with E-state index in [2.05, 4.69) is 10.3 Å². The average molecular weight is 207 g/mol. The van der Waals surface area contributed by atoms with Crippen LogP contribution < -0.4 is 5.48 Å². The number of amides is 1. The first-order valence-electron chi connectivity index (χ1n) is 4.54. The molecule has 0 saturated carbocycles. The first-order valence-corrected chi connectivity index (χ1v) is 4.54. The molecule has 1 aromatic rings. The van der Waals surface area contributed by atoms with Crippen molar-refractivity contribution < 1.29 is 14.4 Å².